The molecule has 2 saturated heterocycles. The van der Waals surface area contributed by atoms with Gasteiger partial charge in [0.25, 0.3) is 0 Å². The van der Waals surface area contributed by atoms with Crippen molar-refractivity contribution in [2.45, 2.75) is 37.3 Å². The van der Waals surface area contributed by atoms with Gasteiger partial charge >= 0.3 is 12.3 Å². The zero-order valence-electron chi connectivity index (χ0n) is 15.8. The van der Waals surface area contributed by atoms with Crippen LogP contribution in [-0.2, 0) is 16.0 Å². The molecule has 1 aromatic carbocycles. The molecule has 0 saturated carbocycles. The maximum atomic E-state index is 13.1. The van der Waals surface area contributed by atoms with Crippen molar-refractivity contribution < 1.29 is 36.9 Å². The van der Waals surface area contributed by atoms with Gasteiger partial charge in [0.05, 0.1) is 18.8 Å². The van der Waals surface area contributed by atoms with Gasteiger partial charge < -0.3 is 19.5 Å². The zero-order valence-corrected chi connectivity index (χ0v) is 15.8. The molecule has 1 aromatic rings. The topological polar surface area (TPSA) is 62.2 Å². The van der Waals surface area contributed by atoms with Crippen LogP contribution in [0.1, 0.15) is 18.4 Å². The number of ether oxygens (including phenoxy) is 2. The van der Waals surface area contributed by atoms with Crippen molar-refractivity contribution in [2.75, 3.05) is 39.4 Å². The Hall–Kier alpha value is -1.91. The summed E-state index contributed by atoms with van der Waals surface area (Å²) in [5.41, 5.74) is 0.502. The molecule has 1 amide bonds. The normalized spacial score (nSPS) is 21.2. The fraction of sp³-hybridized carbons (Fsp3) is 0.632. The summed E-state index contributed by atoms with van der Waals surface area (Å²) >= 11 is 0. The van der Waals surface area contributed by atoms with Crippen LogP contribution < -0.4 is 0 Å². The number of amides is 1. The van der Waals surface area contributed by atoms with Gasteiger partial charge in [0.1, 0.15) is 5.82 Å². The van der Waals surface area contributed by atoms with Gasteiger partial charge in [-0.3, -0.25) is 4.90 Å². The Morgan fingerprint density at radius 2 is 1.86 bits per heavy atom. The molecule has 2 aliphatic rings. The Labute approximate surface area is 166 Å². The predicted molar refractivity (Wildman–Crippen MR) is 94.6 cm³/mol. The van der Waals surface area contributed by atoms with E-state index in [1.165, 1.54) is 17.0 Å². The Morgan fingerprint density at radius 1 is 1.21 bits per heavy atom. The molecule has 10 heteroatoms. The van der Waals surface area contributed by atoms with Crippen molar-refractivity contribution in [2.24, 2.45) is 0 Å². The molecular weight excluding hydrogens is 396 g/mol. The minimum Gasteiger partial charge on any atom is -0.434 e. The Bertz CT molecular complexity index is 690. The fourth-order valence-electron chi connectivity index (χ4n) is 3.71. The second kappa shape index (κ2) is 8.85. The predicted octanol–water partition coefficient (Wildman–Crippen LogP) is 2.55. The maximum Gasteiger partial charge on any atom is 0.427 e. The van der Waals surface area contributed by atoms with E-state index in [0.29, 0.717) is 39.1 Å². The first-order valence-corrected chi connectivity index (χ1v) is 9.45. The fourth-order valence-corrected chi connectivity index (χ4v) is 3.71. The summed E-state index contributed by atoms with van der Waals surface area (Å²) in [7, 11) is 0. The highest BCUT2D eigenvalue weighted by Gasteiger charge is 2.45. The summed E-state index contributed by atoms with van der Waals surface area (Å²) in [6, 6.07) is 6.29. The van der Waals surface area contributed by atoms with Crippen LogP contribution in [0, 0.1) is 5.82 Å². The van der Waals surface area contributed by atoms with Gasteiger partial charge in [0, 0.05) is 32.7 Å². The van der Waals surface area contributed by atoms with E-state index < -0.39 is 30.6 Å². The minimum atomic E-state index is -4.81. The molecule has 3 rings (SSSR count). The van der Waals surface area contributed by atoms with Gasteiger partial charge in [-0.15, -0.1) is 0 Å². The Balaban J connectivity index is 1.53. The van der Waals surface area contributed by atoms with Crippen LogP contribution >= 0.6 is 0 Å². The molecule has 1 atom stereocenters. The number of carbonyl (C=O) groups excluding carboxylic acids is 1. The number of alkyl halides is 3. The molecule has 2 heterocycles. The smallest absolute Gasteiger partial charge is 0.427 e. The number of hydrogen-bond acceptors (Lipinski definition) is 5. The zero-order chi connectivity index (χ0) is 21.1. The van der Waals surface area contributed by atoms with Crippen LogP contribution in [0.2, 0.25) is 0 Å². The quantitative estimate of drug-likeness (QED) is 0.759. The Morgan fingerprint density at radius 3 is 2.45 bits per heavy atom. The van der Waals surface area contributed by atoms with E-state index >= 15 is 0 Å². The first-order chi connectivity index (χ1) is 13.7. The number of aliphatic hydroxyl groups excluding tert-OH is 1. The first kappa shape index (κ1) is 21.8. The maximum absolute atomic E-state index is 13.1. The van der Waals surface area contributed by atoms with E-state index in [0.717, 1.165) is 5.56 Å². The molecule has 2 aliphatic heterocycles. The van der Waals surface area contributed by atoms with E-state index in [2.05, 4.69) is 9.64 Å². The van der Waals surface area contributed by atoms with Crippen LogP contribution in [0.15, 0.2) is 24.3 Å². The number of piperidine rings is 1. The third-order valence-electron chi connectivity index (χ3n) is 5.35. The highest BCUT2D eigenvalue weighted by Crippen LogP contribution is 2.31. The molecule has 6 nitrogen and oxygen atoms in total. The van der Waals surface area contributed by atoms with Gasteiger partial charge in [0.15, 0.2) is 0 Å². The number of carbonyl (C=O) groups is 1. The largest absolute Gasteiger partial charge is 0.434 e. The number of aliphatic hydroxyl groups is 1. The molecule has 0 aliphatic carbocycles. The van der Waals surface area contributed by atoms with Gasteiger partial charge in [-0.2, -0.15) is 13.2 Å². The summed E-state index contributed by atoms with van der Waals surface area (Å²) in [5, 5.41) is 8.81. The number of likely N-dealkylation sites (tertiary alicyclic amines) is 1. The monoisotopic (exact) mass is 420 g/mol. The van der Waals surface area contributed by atoms with E-state index in [4.69, 9.17) is 9.84 Å². The third-order valence-corrected chi connectivity index (χ3v) is 5.35. The second-order valence-corrected chi connectivity index (χ2v) is 7.45. The lowest BCUT2D eigenvalue weighted by Gasteiger charge is -2.47. The standard InChI is InChI=1S/C19H24F4N2O4/c20-15-3-1-14(2-4-15)11-24-9-10-28-18(13-24)5-7-25(8-6-18)17(27)29-16(12-26)19(21,22)23/h1-4,16,26H,5-13H2. The minimum absolute atomic E-state index is 0.208. The van der Waals surface area contributed by atoms with Crippen molar-refractivity contribution in [1.29, 1.82) is 0 Å². The van der Waals surface area contributed by atoms with Crippen LogP contribution in [0.4, 0.5) is 22.4 Å². The van der Waals surface area contributed by atoms with E-state index in [9.17, 15) is 22.4 Å². The lowest BCUT2D eigenvalue weighted by Crippen LogP contribution is -2.57. The van der Waals surface area contributed by atoms with Crippen LogP contribution in [-0.4, -0.2) is 78.3 Å². The number of hydrogen-bond donors (Lipinski definition) is 1. The highest BCUT2D eigenvalue weighted by molar-refractivity contribution is 5.68. The molecule has 0 bridgehead atoms. The van der Waals surface area contributed by atoms with Crippen molar-refractivity contribution in [3.8, 4) is 0 Å². The number of halogens is 4. The van der Waals surface area contributed by atoms with E-state index in [1.807, 2.05) is 0 Å². The molecule has 1 N–H and O–H groups in total. The molecule has 162 valence electrons. The highest BCUT2D eigenvalue weighted by atomic mass is 19.4. The van der Waals surface area contributed by atoms with Gasteiger partial charge in [-0.1, -0.05) is 12.1 Å². The van der Waals surface area contributed by atoms with Crippen molar-refractivity contribution in [3.05, 3.63) is 35.6 Å². The average molecular weight is 420 g/mol. The molecule has 29 heavy (non-hydrogen) atoms. The van der Waals surface area contributed by atoms with Crippen molar-refractivity contribution >= 4 is 6.09 Å². The molecule has 0 aromatic heterocycles. The number of morpholine rings is 1. The first-order valence-electron chi connectivity index (χ1n) is 9.45. The van der Waals surface area contributed by atoms with Gasteiger partial charge in [-0.25, -0.2) is 9.18 Å². The average Bonchev–Trinajstić information content (AvgIpc) is 2.67. The lowest BCUT2D eigenvalue weighted by molar-refractivity contribution is -0.215. The number of benzene rings is 1. The molecule has 1 unspecified atom stereocenters. The van der Waals surface area contributed by atoms with Crippen molar-refractivity contribution in [1.82, 2.24) is 9.80 Å². The van der Waals surface area contributed by atoms with Gasteiger partial charge in [-0.05, 0) is 30.5 Å². The van der Waals surface area contributed by atoms with Crippen LogP contribution in [0.3, 0.4) is 0 Å². The third kappa shape index (κ3) is 5.58. The molecule has 2 fully saturated rings. The van der Waals surface area contributed by atoms with E-state index in [-0.39, 0.29) is 18.9 Å². The van der Waals surface area contributed by atoms with E-state index in [1.54, 1.807) is 12.1 Å². The van der Waals surface area contributed by atoms with Crippen LogP contribution in [0.25, 0.3) is 0 Å². The summed E-state index contributed by atoms with van der Waals surface area (Å²) in [5.74, 6) is -0.291. The summed E-state index contributed by atoms with van der Waals surface area (Å²) in [6.45, 7) is 1.59. The Kier molecular flexibility index (Phi) is 6.65. The van der Waals surface area contributed by atoms with Crippen LogP contribution in [0.5, 0.6) is 0 Å². The second-order valence-electron chi connectivity index (χ2n) is 7.45. The molecular formula is C19H24F4N2O4. The number of nitrogens with zero attached hydrogens (tertiary/aromatic N) is 2. The molecule has 0 radical (unpaired) electrons. The SMILES string of the molecule is O=C(OC(CO)C(F)(F)F)N1CCC2(CC1)CN(Cc1ccc(F)cc1)CCO2. The summed E-state index contributed by atoms with van der Waals surface area (Å²) < 4.78 is 61.5. The van der Waals surface area contributed by atoms with Crippen molar-refractivity contribution in [3.63, 3.8) is 0 Å². The number of rotatable bonds is 4. The van der Waals surface area contributed by atoms with Gasteiger partial charge in [0.2, 0.25) is 6.10 Å². The lowest BCUT2D eigenvalue weighted by atomic mass is 9.89. The summed E-state index contributed by atoms with van der Waals surface area (Å²) in [6.07, 6.45) is -7.48. The summed E-state index contributed by atoms with van der Waals surface area (Å²) in [4.78, 5) is 15.4. The molecule has 1 spiro atoms.